The highest BCUT2D eigenvalue weighted by Crippen LogP contribution is 2.27. The van der Waals surface area contributed by atoms with Crippen LogP contribution in [0.4, 0.5) is 11.4 Å². The Balaban J connectivity index is 1.78. The maximum atomic E-state index is 11.8. The van der Waals surface area contributed by atoms with Crippen molar-refractivity contribution in [2.45, 2.75) is 19.4 Å². The Morgan fingerprint density at radius 2 is 1.88 bits per heavy atom. The van der Waals surface area contributed by atoms with Crippen LogP contribution in [0, 0.1) is 0 Å². The molecule has 1 aromatic carbocycles. The van der Waals surface area contributed by atoms with E-state index in [0.29, 0.717) is 17.3 Å². The summed E-state index contributed by atoms with van der Waals surface area (Å²) in [5, 5.41) is 0.0452. The van der Waals surface area contributed by atoms with Crippen LogP contribution in [-0.4, -0.2) is 56.3 Å². The summed E-state index contributed by atoms with van der Waals surface area (Å²) in [4.78, 5) is 18.8. The molecular formula is C20H26ClN4O+. The Morgan fingerprint density at radius 3 is 2.46 bits per heavy atom. The Labute approximate surface area is 160 Å². The topological polar surface area (TPSA) is 58.7 Å². The molecule has 0 amide bonds. The van der Waals surface area contributed by atoms with Gasteiger partial charge in [-0.15, -0.1) is 0 Å². The van der Waals surface area contributed by atoms with Gasteiger partial charge in [-0.3, -0.25) is 4.79 Å². The first kappa shape index (κ1) is 18.7. The standard InChI is InChI=1S/C20H25ClN4O/c1-13-11-17(19(22)18(21)20(13)26)23-14-5-7-15(8-6-14)24-10-9-16(12-24)25(2,3)4/h5-8,11,16H,9-10,12H2,1-4H3,(H-,22,26)/p+1/b23-17-. The summed E-state index contributed by atoms with van der Waals surface area (Å²) >= 11 is 6.01. The molecule has 2 N–H and O–H groups in total. The zero-order valence-corrected chi connectivity index (χ0v) is 16.5. The number of allylic oxidation sites excluding steroid dienone is 3. The maximum absolute atomic E-state index is 11.8. The first-order chi connectivity index (χ1) is 12.2. The van der Waals surface area contributed by atoms with Crippen molar-refractivity contribution < 1.29 is 9.28 Å². The fraction of sp³-hybridized carbons (Fsp3) is 0.400. The molecule has 0 radical (unpaired) electrons. The van der Waals surface area contributed by atoms with Crippen molar-refractivity contribution in [3.8, 4) is 0 Å². The third-order valence-corrected chi connectivity index (χ3v) is 5.52. The number of aliphatic imine (C=N–C) groups is 1. The van der Waals surface area contributed by atoms with Gasteiger partial charge >= 0.3 is 0 Å². The number of carbonyl (C=O) groups is 1. The van der Waals surface area contributed by atoms with E-state index >= 15 is 0 Å². The van der Waals surface area contributed by atoms with Crippen LogP contribution in [0.25, 0.3) is 0 Å². The fourth-order valence-corrected chi connectivity index (χ4v) is 3.58. The monoisotopic (exact) mass is 373 g/mol. The summed E-state index contributed by atoms with van der Waals surface area (Å²) in [7, 11) is 6.75. The number of rotatable bonds is 3. The number of halogens is 1. The van der Waals surface area contributed by atoms with Crippen LogP contribution in [0.1, 0.15) is 13.3 Å². The van der Waals surface area contributed by atoms with E-state index in [1.165, 1.54) is 12.1 Å². The molecule has 5 nitrogen and oxygen atoms in total. The number of hydrogen-bond acceptors (Lipinski definition) is 4. The molecule has 138 valence electrons. The van der Waals surface area contributed by atoms with E-state index in [2.05, 4.69) is 43.2 Å². The van der Waals surface area contributed by atoms with E-state index < -0.39 is 0 Å². The second-order valence-electron chi connectivity index (χ2n) is 7.90. The van der Waals surface area contributed by atoms with Crippen LogP contribution >= 0.6 is 11.6 Å². The van der Waals surface area contributed by atoms with Crippen LogP contribution < -0.4 is 10.6 Å². The number of benzene rings is 1. The minimum absolute atomic E-state index is 0.0452. The van der Waals surface area contributed by atoms with Crippen molar-refractivity contribution in [1.29, 1.82) is 0 Å². The number of Topliss-reactive ketones (excluding diaryl/α,β-unsaturated/α-hetero) is 1. The number of carbonyl (C=O) groups excluding carboxylic acids is 1. The average molecular weight is 374 g/mol. The maximum Gasteiger partial charge on any atom is 0.202 e. The van der Waals surface area contributed by atoms with Gasteiger partial charge in [0, 0.05) is 24.2 Å². The molecule has 1 aromatic rings. The zero-order valence-electron chi connectivity index (χ0n) is 15.8. The van der Waals surface area contributed by atoms with Gasteiger partial charge in [-0.05, 0) is 37.3 Å². The molecule has 0 aromatic heterocycles. The van der Waals surface area contributed by atoms with Crippen molar-refractivity contribution in [1.82, 2.24) is 0 Å². The minimum atomic E-state index is -0.237. The van der Waals surface area contributed by atoms with E-state index in [9.17, 15) is 4.79 Å². The van der Waals surface area contributed by atoms with E-state index in [1.807, 2.05) is 12.1 Å². The normalized spacial score (nSPS) is 23.0. The van der Waals surface area contributed by atoms with Crippen LogP contribution in [0.2, 0.25) is 0 Å². The first-order valence-electron chi connectivity index (χ1n) is 8.80. The Morgan fingerprint density at radius 1 is 1.23 bits per heavy atom. The Kier molecular flexibility index (Phi) is 4.95. The van der Waals surface area contributed by atoms with Crippen molar-refractivity contribution in [3.63, 3.8) is 0 Å². The summed E-state index contributed by atoms with van der Waals surface area (Å²) in [6.45, 7) is 3.85. The lowest BCUT2D eigenvalue weighted by Gasteiger charge is -2.31. The third-order valence-electron chi connectivity index (χ3n) is 5.15. The second-order valence-corrected chi connectivity index (χ2v) is 8.28. The van der Waals surface area contributed by atoms with E-state index in [0.717, 1.165) is 23.3 Å². The predicted molar refractivity (Wildman–Crippen MR) is 108 cm³/mol. The quantitative estimate of drug-likeness (QED) is 0.654. The van der Waals surface area contributed by atoms with Gasteiger partial charge in [-0.25, -0.2) is 4.99 Å². The van der Waals surface area contributed by atoms with Crippen LogP contribution in [0.5, 0.6) is 0 Å². The van der Waals surface area contributed by atoms with Crippen LogP contribution in [-0.2, 0) is 4.79 Å². The number of likely N-dealkylation sites (N-methyl/N-ethyl adjacent to an activating group) is 1. The van der Waals surface area contributed by atoms with E-state index in [1.54, 1.807) is 13.0 Å². The van der Waals surface area contributed by atoms with Gasteiger partial charge in [-0.2, -0.15) is 0 Å². The van der Waals surface area contributed by atoms with Gasteiger partial charge in [0.05, 0.1) is 44.8 Å². The highest BCUT2D eigenvalue weighted by atomic mass is 35.5. The summed E-state index contributed by atoms with van der Waals surface area (Å²) in [6, 6.07) is 8.77. The van der Waals surface area contributed by atoms with Crippen LogP contribution in [0.3, 0.4) is 0 Å². The molecule has 1 aliphatic carbocycles. The molecule has 0 bridgehead atoms. The highest BCUT2D eigenvalue weighted by Gasteiger charge is 2.32. The van der Waals surface area contributed by atoms with Crippen molar-refractivity contribution >= 4 is 34.5 Å². The number of anilines is 1. The SMILES string of the molecule is CC1=C/C(=N/c2ccc(N3CCC([N+](C)(C)C)C3)cc2)C(N)=C(Cl)C1=O. The average Bonchev–Trinajstić information content (AvgIpc) is 3.09. The lowest BCUT2D eigenvalue weighted by atomic mass is 10.0. The van der Waals surface area contributed by atoms with Crippen molar-refractivity contribution in [2.75, 3.05) is 39.1 Å². The molecule has 3 rings (SSSR count). The van der Waals surface area contributed by atoms with Gasteiger partial charge in [0.25, 0.3) is 0 Å². The predicted octanol–water partition coefficient (Wildman–Crippen LogP) is 2.98. The number of nitrogens with zero attached hydrogens (tertiary/aromatic N) is 3. The van der Waals surface area contributed by atoms with Gasteiger partial charge in [0.15, 0.2) is 0 Å². The van der Waals surface area contributed by atoms with Crippen LogP contribution in [0.15, 0.2) is 51.6 Å². The molecule has 6 heteroatoms. The van der Waals surface area contributed by atoms with Gasteiger partial charge in [0.2, 0.25) is 5.78 Å². The first-order valence-corrected chi connectivity index (χ1v) is 9.18. The lowest BCUT2D eigenvalue weighted by molar-refractivity contribution is -0.893. The van der Waals surface area contributed by atoms with Crippen molar-refractivity contribution in [3.05, 3.63) is 46.6 Å². The molecule has 1 atom stereocenters. The molecule has 0 saturated carbocycles. The van der Waals surface area contributed by atoms with Gasteiger partial charge in [-0.1, -0.05) is 11.6 Å². The molecule has 0 spiro atoms. The van der Waals surface area contributed by atoms with Crippen molar-refractivity contribution in [2.24, 2.45) is 10.7 Å². The number of hydrogen-bond donors (Lipinski definition) is 1. The third kappa shape index (κ3) is 3.69. The number of ketones is 1. The Hall–Kier alpha value is -2.11. The molecule has 1 heterocycles. The Bertz CT molecular complexity index is 815. The largest absolute Gasteiger partial charge is 0.396 e. The van der Waals surface area contributed by atoms with Gasteiger partial charge in [0.1, 0.15) is 11.1 Å². The highest BCUT2D eigenvalue weighted by molar-refractivity contribution is 6.49. The summed E-state index contributed by atoms with van der Waals surface area (Å²) in [5.74, 6) is -0.237. The number of nitrogens with two attached hydrogens (primary N) is 1. The molecule has 1 aliphatic heterocycles. The molecule has 1 unspecified atom stereocenters. The molecule has 26 heavy (non-hydrogen) atoms. The zero-order chi connectivity index (χ0) is 19.1. The second kappa shape index (κ2) is 6.89. The molecule has 2 aliphatic rings. The molecule has 1 fully saturated rings. The smallest absolute Gasteiger partial charge is 0.202 e. The number of quaternary nitrogens is 1. The van der Waals surface area contributed by atoms with E-state index in [4.69, 9.17) is 17.3 Å². The lowest BCUT2D eigenvalue weighted by Crippen LogP contribution is -2.46. The molecule has 1 saturated heterocycles. The van der Waals surface area contributed by atoms with Gasteiger partial charge < -0.3 is 15.1 Å². The summed E-state index contributed by atoms with van der Waals surface area (Å²) in [5.41, 5.74) is 9.26. The van der Waals surface area contributed by atoms with E-state index in [-0.39, 0.29) is 16.5 Å². The summed E-state index contributed by atoms with van der Waals surface area (Å²) in [6.07, 6.45) is 2.88. The minimum Gasteiger partial charge on any atom is -0.396 e. The summed E-state index contributed by atoms with van der Waals surface area (Å²) < 4.78 is 0.985. The molecular weight excluding hydrogens is 348 g/mol. The fourth-order valence-electron chi connectivity index (χ4n) is 3.33.